The van der Waals surface area contributed by atoms with E-state index in [0.717, 1.165) is 38.3 Å². The fourth-order valence-corrected chi connectivity index (χ4v) is 1.89. The van der Waals surface area contributed by atoms with E-state index in [1.54, 1.807) is 0 Å². The molecule has 1 amide bonds. The van der Waals surface area contributed by atoms with Gasteiger partial charge >= 0.3 is 0 Å². The van der Waals surface area contributed by atoms with Gasteiger partial charge in [0.05, 0.1) is 10.5 Å². The summed E-state index contributed by atoms with van der Waals surface area (Å²) in [5.74, 6) is -0.454. The highest BCUT2D eigenvalue weighted by Gasteiger charge is 2.16. The summed E-state index contributed by atoms with van der Waals surface area (Å²) in [6.45, 7) is 7.46. The number of pyridine rings is 1. The Labute approximate surface area is 123 Å². The largest absolute Gasteiger partial charge is 0.383 e. The van der Waals surface area contributed by atoms with E-state index in [4.69, 9.17) is 5.73 Å². The zero-order valence-electron chi connectivity index (χ0n) is 12.3. The zero-order chi connectivity index (χ0) is 15.8. The summed E-state index contributed by atoms with van der Waals surface area (Å²) in [6.07, 6.45) is 1.84. The summed E-state index contributed by atoms with van der Waals surface area (Å²) in [5, 5.41) is 13.4. The van der Waals surface area contributed by atoms with E-state index in [0.29, 0.717) is 6.54 Å². The maximum Gasteiger partial charge on any atom is 0.288 e. The van der Waals surface area contributed by atoms with Crippen molar-refractivity contribution in [3.63, 3.8) is 0 Å². The summed E-state index contributed by atoms with van der Waals surface area (Å²) in [7, 11) is 0. The molecule has 0 aliphatic rings. The average Bonchev–Trinajstić information content (AvgIpc) is 2.47. The van der Waals surface area contributed by atoms with Gasteiger partial charge in [-0.25, -0.2) is 4.98 Å². The Morgan fingerprint density at radius 3 is 2.71 bits per heavy atom. The molecule has 3 N–H and O–H groups in total. The quantitative estimate of drug-likeness (QED) is 0.420. The Hall–Kier alpha value is -2.22. The minimum absolute atomic E-state index is 0.0122. The molecule has 0 saturated carbocycles. The van der Waals surface area contributed by atoms with Crippen molar-refractivity contribution in [1.82, 2.24) is 15.2 Å². The number of nitrogen functional groups attached to an aromatic ring is 1. The molecule has 8 heteroatoms. The number of nitrogens with zero attached hydrogens (tertiary/aromatic N) is 3. The van der Waals surface area contributed by atoms with Crippen molar-refractivity contribution in [1.29, 1.82) is 0 Å². The van der Waals surface area contributed by atoms with Gasteiger partial charge in [-0.15, -0.1) is 0 Å². The van der Waals surface area contributed by atoms with E-state index < -0.39 is 10.8 Å². The molecule has 1 rings (SSSR count). The van der Waals surface area contributed by atoms with Gasteiger partial charge in [-0.3, -0.25) is 14.9 Å². The second-order valence-corrected chi connectivity index (χ2v) is 4.52. The van der Waals surface area contributed by atoms with Gasteiger partial charge in [0.25, 0.3) is 11.6 Å². The molecule has 0 radical (unpaired) electrons. The number of nitrogens with two attached hydrogens (primary N) is 1. The minimum Gasteiger partial charge on any atom is -0.383 e. The van der Waals surface area contributed by atoms with E-state index in [2.05, 4.69) is 29.0 Å². The number of hydrogen-bond acceptors (Lipinski definition) is 6. The van der Waals surface area contributed by atoms with Gasteiger partial charge in [-0.2, -0.15) is 0 Å². The Morgan fingerprint density at radius 2 is 2.14 bits per heavy atom. The summed E-state index contributed by atoms with van der Waals surface area (Å²) in [4.78, 5) is 27.9. The molecule has 21 heavy (non-hydrogen) atoms. The first kappa shape index (κ1) is 16.8. The summed E-state index contributed by atoms with van der Waals surface area (Å²) >= 11 is 0. The van der Waals surface area contributed by atoms with Crippen LogP contribution in [0.1, 0.15) is 30.6 Å². The molecular weight excluding hydrogens is 274 g/mol. The van der Waals surface area contributed by atoms with Crippen molar-refractivity contribution in [2.45, 2.75) is 20.3 Å². The molecule has 1 aromatic heterocycles. The molecule has 0 aliphatic heterocycles. The highest BCUT2D eigenvalue weighted by Crippen LogP contribution is 2.16. The van der Waals surface area contributed by atoms with Crippen molar-refractivity contribution < 1.29 is 9.72 Å². The lowest BCUT2D eigenvalue weighted by atomic mass is 10.2. The molecular formula is C13H21N5O3. The smallest absolute Gasteiger partial charge is 0.288 e. The van der Waals surface area contributed by atoms with Crippen LogP contribution in [-0.2, 0) is 0 Å². The van der Waals surface area contributed by atoms with Crippen molar-refractivity contribution in [2.24, 2.45) is 0 Å². The highest BCUT2D eigenvalue weighted by atomic mass is 16.6. The van der Waals surface area contributed by atoms with Crippen LogP contribution >= 0.6 is 0 Å². The third kappa shape index (κ3) is 4.99. The average molecular weight is 295 g/mol. The SMILES string of the molecule is CCN(CC)CCCNC(=O)c1cc([N+](=O)[O-])cnc1N. The third-order valence-corrected chi connectivity index (χ3v) is 3.19. The van der Waals surface area contributed by atoms with Crippen LogP contribution in [0, 0.1) is 10.1 Å². The molecule has 0 bridgehead atoms. The maximum absolute atomic E-state index is 12.0. The number of rotatable bonds is 8. The monoisotopic (exact) mass is 295 g/mol. The van der Waals surface area contributed by atoms with Crippen LogP contribution in [0.25, 0.3) is 0 Å². The molecule has 1 aromatic rings. The minimum atomic E-state index is -0.608. The number of amides is 1. The molecule has 0 fully saturated rings. The lowest BCUT2D eigenvalue weighted by molar-refractivity contribution is -0.385. The van der Waals surface area contributed by atoms with Crippen LogP contribution in [0.4, 0.5) is 11.5 Å². The number of carbonyl (C=O) groups excluding carboxylic acids is 1. The van der Waals surface area contributed by atoms with Gasteiger partial charge in [0, 0.05) is 12.6 Å². The lowest BCUT2D eigenvalue weighted by Crippen LogP contribution is -2.30. The maximum atomic E-state index is 12.0. The first-order chi connectivity index (χ1) is 9.99. The van der Waals surface area contributed by atoms with Crippen molar-refractivity contribution in [3.8, 4) is 0 Å². The van der Waals surface area contributed by atoms with E-state index >= 15 is 0 Å². The van der Waals surface area contributed by atoms with E-state index in [1.165, 1.54) is 0 Å². The molecule has 0 unspecified atom stereocenters. The number of nitrogens with one attached hydrogen (secondary N) is 1. The van der Waals surface area contributed by atoms with Crippen LogP contribution in [0.3, 0.4) is 0 Å². The molecule has 0 saturated heterocycles. The lowest BCUT2D eigenvalue weighted by Gasteiger charge is -2.17. The summed E-state index contributed by atoms with van der Waals surface area (Å²) in [5.41, 5.74) is 5.37. The van der Waals surface area contributed by atoms with Crippen molar-refractivity contribution in [3.05, 3.63) is 27.9 Å². The van der Waals surface area contributed by atoms with Gasteiger partial charge in [-0.1, -0.05) is 13.8 Å². The fourth-order valence-electron chi connectivity index (χ4n) is 1.89. The molecule has 0 aliphatic carbocycles. The molecule has 116 valence electrons. The normalized spacial score (nSPS) is 10.6. The second kappa shape index (κ2) is 8.15. The predicted octanol–water partition coefficient (Wildman–Crippen LogP) is 1.03. The Morgan fingerprint density at radius 1 is 1.48 bits per heavy atom. The first-order valence-electron chi connectivity index (χ1n) is 6.90. The van der Waals surface area contributed by atoms with Gasteiger partial charge in [0.15, 0.2) is 0 Å². The second-order valence-electron chi connectivity index (χ2n) is 4.52. The van der Waals surface area contributed by atoms with Crippen LogP contribution in [0.15, 0.2) is 12.3 Å². The van der Waals surface area contributed by atoms with E-state index in [-0.39, 0.29) is 17.1 Å². The summed E-state index contributed by atoms with van der Waals surface area (Å²) < 4.78 is 0. The van der Waals surface area contributed by atoms with Gasteiger partial charge in [0.2, 0.25) is 0 Å². The number of hydrogen-bond donors (Lipinski definition) is 2. The van der Waals surface area contributed by atoms with Crippen LogP contribution in [0.2, 0.25) is 0 Å². The van der Waals surface area contributed by atoms with Crippen molar-refractivity contribution in [2.75, 3.05) is 31.9 Å². The molecule has 0 spiro atoms. The molecule has 1 heterocycles. The van der Waals surface area contributed by atoms with E-state index in [9.17, 15) is 14.9 Å². The Balaban J connectivity index is 2.56. The van der Waals surface area contributed by atoms with Crippen LogP contribution in [-0.4, -0.2) is 46.9 Å². The standard InChI is InChI=1S/C13H21N5O3/c1-3-17(4-2)7-5-6-15-13(19)11-8-10(18(20)21)9-16-12(11)14/h8-9H,3-7H2,1-2H3,(H2,14,16)(H,15,19). The fraction of sp³-hybridized carbons (Fsp3) is 0.538. The van der Waals surface area contributed by atoms with Crippen LogP contribution < -0.4 is 11.1 Å². The Kier molecular flexibility index (Phi) is 6.54. The third-order valence-electron chi connectivity index (χ3n) is 3.19. The zero-order valence-corrected chi connectivity index (χ0v) is 12.3. The van der Waals surface area contributed by atoms with Crippen molar-refractivity contribution >= 4 is 17.4 Å². The first-order valence-corrected chi connectivity index (χ1v) is 6.90. The number of anilines is 1. The van der Waals surface area contributed by atoms with Gasteiger partial charge < -0.3 is 16.0 Å². The van der Waals surface area contributed by atoms with Gasteiger partial charge in [-0.05, 0) is 26.1 Å². The number of nitro groups is 1. The van der Waals surface area contributed by atoms with Gasteiger partial charge in [0.1, 0.15) is 12.0 Å². The molecule has 0 atom stereocenters. The number of aromatic nitrogens is 1. The molecule has 8 nitrogen and oxygen atoms in total. The Bertz CT molecular complexity index is 503. The highest BCUT2D eigenvalue weighted by molar-refractivity contribution is 5.98. The topological polar surface area (TPSA) is 114 Å². The van der Waals surface area contributed by atoms with E-state index in [1.807, 2.05) is 0 Å². The summed E-state index contributed by atoms with van der Waals surface area (Å²) in [6, 6.07) is 1.14. The van der Waals surface area contributed by atoms with Crippen LogP contribution in [0.5, 0.6) is 0 Å². The predicted molar refractivity (Wildman–Crippen MR) is 80.0 cm³/mol. The molecule has 0 aromatic carbocycles. The number of carbonyl (C=O) groups is 1.